The number of nitrogens with one attached hydrogen (secondary N) is 1. The summed E-state index contributed by atoms with van der Waals surface area (Å²) in [7, 11) is 0. The summed E-state index contributed by atoms with van der Waals surface area (Å²) < 4.78 is 1.26. The summed E-state index contributed by atoms with van der Waals surface area (Å²) in [5, 5.41) is 4.99. The van der Waals surface area contributed by atoms with Gasteiger partial charge in [0.1, 0.15) is 0 Å². The van der Waals surface area contributed by atoms with E-state index in [1.165, 1.54) is 9.71 Å². The van der Waals surface area contributed by atoms with E-state index in [0.717, 1.165) is 37.0 Å². The molecule has 1 N–H and O–H groups in total. The van der Waals surface area contributed by atoms with Crippen LogP contribution in [0.5, 0.6) is 0 Å². The number of hydrogen-bond donors (Lipinski definition) is 1. The highest BCUT2D eigenvalue weighted by molar-refractivity contribution is 7.18. The van der Waals surface area contributed by atoms with Gasteiger partial charge in [-0.3, -0.25) is 9.69 Å². The molecule has 1 aliphatic rings. The minimum Gasteiger partial charge on any atom is -0.348 e. The van der Waals surface area contributed by atoms with Crippen LogP contribution in [0.4, 0.5) is 0 Å². The Balaban J connectivity index is 1.29. The third-order valence-corrected chi connectivity index (χ3v) is 6.91. The van der Waals surface area contributed by atoms with Gasteiger partial charge in [0, 0.05) is 10.9 Å². The van der Waals surface area contributed by atoms with Gasteiger partial charge in [-0.2, -0.15) is 0 Å². The summed E-state index contributed by atoms with van der Waals surface area (Å²) in [6.07, 6.45) is 2.10. The highest BCUT2D eigenvalue weighted by atomic mass is 35.5. The Morgan fingerprint density at radius 2 is 1.93 bits per heavy atom. The molecule has 1 aromatic heterocycles. The molecule has 28 heavy (non-hydrogen) atoms. The van der Waals surface area contributed by atoms with Crippen molar-refractivity contribution >= 4 is 39.1 Å². The molecule has 6 heteroatoms. The Labute approximate surface area is 174 Å². The molecule has 4 rings (SSSR count). The molecule has 0 bridgehead atoms. The normalized spacial score (nSPS) is 16.9. The SMILES string of the molecule is C[C@H](NC(=O)CN1CCC(c2nc3ccccc3s2)CC1)c1ccccc1Cl. The standard InChI is InChI=1S/C22H24ClN3OS/c1-15(17-6-2-3-7-18(17)23)24-21(27)14-26-12-10-16(11-13-26)22-25-19-8-4-5-9-20(19)28-22/h2-9,15-16H,10-14H2,1H3,(H,24,27)/t15-/m0/s1. The number of halogens is 1. The number of benzene rings is 2. The first kappa shape index (κ1) is 19.4. The number of likely N-dealkylation sites (tertiary alicyclic amines) is 1. The zero-order chi connectivity index (χ0) is 19.5. The first-order valence-corrected chi connectivity index (χ1v) is 10.9. The van der Waals surface area contributed by atoms with Crippen molar-refractivity contribution in [1.29, 1.82) is 0 Å². The highest BCUT2D eigenvalue weighted by Crippen LogP contribution is 2.33. The number of nitrogens with zero attached hydrogens (tertiary/aromatic N) is 2. The number of amides is 1. The summed E-state index contributed by atoms with van der Waals surface area (Å²) in [4.78, 5) is 19.5. The first-order valence-electron chi connectivity index (χ1n) is 9.72. The first-order chi connectivity index (χ1) is 13.6. The summed E-state index contributed by atoms with van der Waals surface area (Å²) >= 11 is 8.04. The van der Waals surface area contributed by atoms with Crippen LogP contribution in [-0.4, -0.2) is 35.4 Å². The second-order valence-electron chi connectivity index (χ2n) is 7.38. The lowest BCUT2D eigenvalue weighted by molar-refractivity contribution is -0.123. The molecule has 1 amide bonds. The van der Waals surface area contributed by atoms with E-state index in [0.29, 0.717) is 17.5 Å². The van der Waals surface area contributed by atoms with Gasteiger partial charge in [0.2, 0.25) is 5.91 Å². The van der Waals surface area contributed by atoms with Gasteiger partial charge in [-0.15, -0.1) is 11.3 Å². The summed E-state index contributed by atoms with van der Waals surface area (Å²) in [5.74, 6) is 0.546. The molecule has 2 heterocycles. The van der Waals surface area contributed by atoms with E-state index in [-0.39, 0.29) is 11.9 Å². The van der Waals surface area contributed by atoms with E-state index < -0.39 is 0 Å². The number of aromatic nitrogens is 1. The number of carbonyl (C=O) groups is 1. The van der Waals surface area contributed by atoms with Crippen LogP contribution < -0.4 is 5.32 Å². The molecule has 2 aromatic carbocycles. The fraction of sp³-hybridized carbons (Fsp3) is 0.364. The molecule has 146 valence electrons. The summed E-state index contributed by atoms with van der Waals surface area (Å²) in [6, 6.07) is 15.9. The summed E-state index contributed by atoms with van der Waals surface area (Å²) in [6.45, 7) is 4.25. The molecule has 3 aromatic rings. The predicted molar refractivity (Wildman–Crippen MR) is 116 cm³/mol. The van der Waals surface area contributed by atoms with Gasteiger partial charge in [-0.25, -0.2) is 4.98 Å². The van der Waals surface area contributed by atoms with Crippen LogP contribution in [0.15, 0.2) is 48.5 Å². The van der Waals surface area contributed by atoms with Crippen molar-refractivity contribution in [1.82, 2.24) is 15.2 Å². The number of hydrogen-bond acceptors (Lipinski definition) is 4. The lowest BCUT2D eigenvalue weighted by atomic mass is 9.97. The quantitative estimate of drug-likeness (QED) is 0.639. The highest BCUT2D eigenvalue weighted by Gasteiger charge is 2.25. The predicted octanol–water partition coefficient (Wildman–Crippen LogP) is 5.01. The van der Waals surface area contributed by atoms with Crippen LogP contribution in [-0.2, 0) is 4.79 Å². The van der Waals surface area contributed by atoms with Crippen molar-refractivity contribution < 1.29 is 4.79 Å². The van der Waals surface area contributed by atoms with Crippen LogP contribution in [0.1, 0.15) is 42.3 Å². The smallest absolute Gasteiger partial charge is 0.234 e. The van der Waals surface area contributed by atoms with Gasteiger partial charge in [0.15, 0.2) is 0 Å². The van der Waals surface area contributed by atoms with Crippen molar-refractivity contribution in [3.8, 4) is 0 Å². The Hall–Kier alpha value is -1.95. The second kappa shape index (κ2) is 8.60. The lowest BCUT2D eigenvalue weighted by Gasteiger charge is -2.30. The largest absolute Gasteiger partial charge is 0.348 e. The van der Waals surface area contributed by atoms with E-state index in [2.05, 4.69) is 28.4 Å². The number of carbonyl (C=O) groups excluding carboxylic acids is 1. The number of fused-ring (bicyclic) bond motifs is 1. The van der Waals surface area contributed by atoms with Crippen molar-refractivity contribution in [3.05, 3.63) is 64.1 Å². The van der Waals surface area contributed by atoms with E-state index in [9.17, 15) is 4.79 Å². The molecule has 4 nitrogen and oxygen atoms in total. The maximum atomic E-state index is 12.5. The van der Waals surface area contributed by atoms with E-state index >= 15 is 0 Å². The minimum absolute atomic E-state index is 0.0471. The number of rotatable bonds is 5. The van der Waals surface area contributed by atoms with Crippen LogP contribution in [0.3, 0.4) is 0 Å². The number of piperidine rings is 1. The molecular weight excluding hydrogens is 390 g/mol. The van der Waals surface area contributed by atoms with Crippen molar-refractivity contribution in [3.63, 3.8) is 0 Å². The minimum atomic E-state index is -0.0958. The zero-order valence-electron chi connectivity index (χ0n) is 15.9. The monoisotopic (exact) mass is 413 g/mol. The topological polar surface area (TPSA) is 45.2 Å². The third-order valence-electron chi connectivity index (χ3n) is 5.36. The number of para-hydroxylation sites is 1. The van der Waals surface area contributed by atoms with Gasteiger partial charge in [-0.05, 0) is 56.6 Å². The molecule has 0 saturated carbocycles. The van der Waals surface area contributed by atoms with Crippen LogP contribution in [0, 0.1) is 0 Å². The fourth-order valence-electron chi connectivity index (χ4n) is 3.80. The van der Waals surface area contributed by atoms with Crippen molar-refractivity contribution in [2.45, 2.75) is 31.7 Å². The Morgan fingerprint density at radius 3 is 2.68 bits per heavy atom. The second-order valence-corrected chi connectivity index (χ2v) is 8.85. The third kappa shape index (κ3) is 4.37. The molecule has 0 unspecified atom stereocenters. The lowest BCUT2D eigenvalue weighted by Crippen LogP contribution is -2.41. The molecule has 0 radical (unpaired) electrons. The average molecular weight is 414 g/mol. The zero-order valence-corrected chi connectivity index (χ0v) is 17.5. The van der Waals surface area contributed by atoms with Crippen molar-refractivity contribution in [2.24, 2.45) is 0 Å². The Morgan fingerprint density at radius 1 is 1.21 bits per heavy atom. The van der Waals surface area contributed by atoms with Gasteiger partial charge in [0.25, 0.3) is 0 Å². The molecule has 1 saturated heterocycles. The fourth-order valence-corrected chi connectivity index (χ4v) is 5.23. The van der Waals surface area contributed by atoms with E-state index in [1.807, 2.05) is 37.3 Å². The Bertz CT molecular complexity index is 932. The van der Waals surface area contributed by atoms with Gasteiger partial charge >= 0.3 is 0 Å². The van der Waals surface area contributed by atoms with E-state index in [4.69, 9.17) is 16.6 Å². The molecular formula is C22H24ClN3OS. The van der Waals surface area contributed by atoms with E-state index in [1.54, 1.807) is 11.3 Å². The maximum Gasteiger partial charge on any atom is 0.234 e. The molecule has 1 atom stereocenters. The molecule has 0 aliphatic carbocycles. The average Bonchev–Trinajstić information content (AvgIpc) is 3.13. The van der Waals surface area contributed by atoms with Crippen LogP contribution in [0.2, 0.25) is 5.02 Å². The van der Waals surface area contributed by atoms with Gasteiger partial charge < -0.3 is 5.32 Å². The van der Waals surface area contributed by atoms with Crippen LogP contribution >= 0.6 is 22.9 Å². The van der Waals surface area contributed by atoms with Gasteiger partial charge in [-0.1, -0.05) is 41.9 Å². The summed E-state index contributed by atoms with van der Waals surface area (Å²) in [5.41, 5.74) is 2.05. The Kier molecular flexibility index (Phi) is 5.95. The van der Waals surface area contributed by atoms with Crippen LogP contribution in [0.25, 0.3) is 10.2 Å². The van der Waals surface area contributed by atoms with Gasteiger partial charge in [0.05, 0.1) is 27.8 Å². The molecule has 1 aliphatic heterocycles. The number of thiazole rings is 1. The molecule has 1 fully saturated rings. The molecule has 0 spiro atoms. The van der Waals surface area contributed by atoms with Crippen molar-refractivity contribution in [2.75, 3.05) is 19.6 Å². The maximum absolute atomic E-state index is 12.5.